The summed E-state index contributed by atoms with van der Waals surface area (Å²) >= 11 is 0. The standard InChI is InChI=1S/C16H27N3O3S/c1-5-19(6-2)16(20)18-14-7-9-15(10-8-14)23(21,22)17-12-11-13(3)4/h7-10,13,17H,5-6,11-12H2,1-4H3,(H,18,20). The van der Waals surface area contributed by atoms with E-state index in [1.54, 1.807) is 17.0 Å². The summed E-state index contributed by atoms with van der Waals surface area (Å²) in [4.78, 5) is 13.8. The van der Waals surface area contributed by atoms with Crippen molar-refractivity contribution in [1.82, 2.24) is 9.62 Å². The molecule has 0 saturated carbocycles. The second kappa shape index (κ2) is 8.88. The molecule has 0 aliphatic heterocycles. The molecule has 1 aromatic rings. The van der Waals surface area contributed by atoms with Gasteiger partial charge < -0.3 is 10.2 Å². The normalized spacial score (nSPS) is 11.5. The van der Waals surface area contributed by atoms with Gasteiger partial charge in [0.15, 0.2) is 0 Å². The minimum Gasteiger partial charge on any atom is -0.325 e. The highest BCUT2D eigenvalue weighted by Crippen LogP contribution is 2.14. The minimum atomic E-state index is -3.50. The monoisotopic (exact) mass is 341 g/mol. The Labute approximate surface area is 139 Å². The van der Waals surface area contributed by atoms with Crippen molar-refractivity contribution in [3.05, 3.63) is 24.3 Å². The maximum Gasteiger partial charge on any atom is 0.321 e. The molecule has 2 amide bonds. The fourth-order valence-corrected chi connectivity index (χ4v) is 3.04. The van der Waals surface area contributed by atoms with Crippen LogP contribution in [0.4, 0.5) is 10.5 Å². The molecule has 7 heteroatoms. The SMILES string of the molecule is CCN(CC)C(=O)Nc1ccc(S(=O)(=O)NCCC(C)C)cc1. The van der Waals surface area contributed by atoms with Crippen molar-refractivity contribution < 1.29 is 13.2 Å². The topological polar surface area (TPSA) is 78.5 Å². The van der Waals surface area contributed by atoms with E-state index < -0.39 is 10.0 Å². The molecule has 0 fully saturated rings. The number of sulfonamides is 1. The summed E-state index contributed by atoms with van der Waals surface area (Å²) in [5.74, 6) is 0.440. The molecular weight excluding hydrogens is 314 g/mol. The molecule has 0 spiro atoms. The van der Waals surface area contributed by atoms with Crippen molar-refractivity contribution in [2.75, 3.05) is 25.0 Å². The van der Waals surface area contributed by atoms with Crippen molar-refractivity contribution in [3.63, 3.8) is 0 Å². The number of urea groups is 1. The van der Waals surface area contributed by atoms with Gasteiger partial charge in [-0.1, -0.05) is 13.8 Å². The van der Waals surface area contributed by atoms with Crippen molar-refractivity contribution in [1.29, 1.82) is 0 Å². The number of rotatable bonds is 8. The van der Waals surface area contributed by atoms with E-state index in [1.807, 2.05) is 27.7 Å². The second-order valence-corrected chi connectivity index (χ2v) is 7.47. The number of anilines is 1. The fraction of sp³-hybridized carbons (Fsp3) is 0.562. The predicted octanol–water partition coefficient (Wildman–Crippen LogP) is 2.88. The van der Waals surface area contributed by atoms with Crippen LogP contribution in [0.25, 0.3) is 0 Å². The molecule has 23 heavy (non-hydrogen) atoms. The summed E-state index contributed by atoms with van der Waals surface area (Å²) in [7, 11) is -3.50. The highest BCUT2D eigenvalue weighted by Gasteiger charge is 2.14. The average Bonchev–Trinajstić information content (AvgIpc) is 2.48. The Hall–Kier alpha value is -1.60. The van der Waals surface area contributed by atoms with Crippen molar-refractivity contribution in [2.45, 2.75) is 39.0 Å². The van der Waals surface area contributed by atoms with Gasteiger partial charge in [-0.3, -0.25) is 0 Å². The summed E-state index contributed by atoms with van der Waals surface area (Å²) in [6.07, 6.45) is 0.789. The highest BCUT2D eigenvalue weighted by atomic mass is 32.2. The molecule has 6 nitrogen and oxygen atoms in total. The van der Waals surface area contributed by atoms with Crippen LogP contribution in [0, 0.1) is 5.92 Å². The summed E-state index contributed by atoms with van der Waals surface area (Å²) in [5, 5.41) is 2.75. The third-order valence-corrected chi connectivity index (χ3v) is 4.96. The van der Waals surface area contributed by atoms with Gasteiger partial charge in [0.1, 0.15) is 0 Å². The Bertz CT molecular complexity index is 594. The van der Waals surface area contributed by atoms with Gasteiger partial charge in [0.05, 0.1) is 4.90 Å². The van der Waals surface area contributed by atoms with Crippen LogP contribution in [-0.2, 0) is 10.0 Å². The molecule has 0 heterocycles. The molecule has 0 unspecified atom stereocenters. The van der Waals surface area contributed by atoms with E-state index in [-0.39, 0.29) is 10.9 Å². The fourth-order valence-electron chi connectivity index (χ4n) is 2.00. The van der Waals surface area contributed by atoms with Crippen LogP contribution in [0.15, 0.2) is 29.2 Å². The van der Waals surface area contributed by atoms with Gasteiger partial charge in [0.2, 0.25) is 10.0 Å². The summed E-state index contributed by atoms with van der Waals surface area (Å²) in [6, 6.07) is 5.99. The van der Waals surface area contributed by atoms with E-state index >= 15 is 0 Å². The molecule has 0 atom stereocenters. The van der Waals surface area contributed by atoms with E-state index in [4.69, 9.17) is 0 Å². The third kappa shape index (κ3) is 6.19. The van der Waals surface area contributed by atoms with Crippen molar-refractivity contribution >= 4 is 21.7 Å². The Morgan fingerprint density at radius 3 is 2.17 bits per heavy atom. The zero-order valence-corrected chi connectivity index (χ0v) is 15.1. The lowest BCUT2D eigenvalue weighted by molar-refractivity contribution is 0.217. The lowest BCUT2D eigenvalue weighted by Gasteiger charge is -2.19. The van der Waals surface area contributed by atoms with Gasteiger partial charge in [-0.2, -0.15) is 0 Å². The zero-order chi connectivity index (χ0) is 17.5. The van der Waals surface area contributed by atoms with Gasteiger partial charge in [0, 0.05) is 25.3 Å². The third-order valence-electron chi connectivity index (χ3n) is 3.48. The van der Waals surface area contributed by atoms with Crippen LogP contribution in [0.3, 0.4) is 0 Å². The van der Waals surface area contributed by atoms with E-state index in [9.17, 15) is 13.2 Å². The molecule has 1 rings (SSSR count). The Morgan fingerprint density at radius 2 is 1.70 bits per heavy atom. The van der Waals surface area contributed by atoms with Crippen LogP contribution in [0.2, 0.25) is 0 Å². The number of nitrogens with zero attached hydrogens (tertiary/aromatic N) is 1. The summed E-state index contributed by atoms with van der Waals surface area (Å²) in [6.45, 7) is 9.55. The van der Waals surface area contributed by atoms with E-state index in [0.717, 1.165) is 6.42 Å². The van der Waals surface area contributed by atoms with E-state index in [1.165, 1.54) is 12.1 Å². The first kappa shape index (κ1) is 19.4. The lowest BCUT2D eigenvalue weighted by Crippen LogP contribution is -2.34. The molecular formula is C16H27N3O3S. The predicted molar refractivity (Wildman–Crippen MR) is 93.0 cm³/mol. The Morgan fingerprint density at radius 1 is 1.13 bits per heavy atom. The van der Waals surface area contributed by atoms with E-state index in [2.05, 4.69) is 10.0 Å². The summed E-state index contributed by atoms with van der Waals surface area (Å²) in [5.41, 5.74) is 0.572. The first-order valence-electron chi connectivity index (χ1n) is 7.95. The molecule has 0 saturated heterocycles. The zero-order valence-electron chi connectivity index (χ0n) is 14.3. The number of amides is 2. The maximum absolute atomic E-state index is 12.1. The van der Waals surface area contributed by atoms with Crippen LogP contribution < -0.4 is 10.0 Å². The Kier molecular flexibility index (Phi) is 7.51. The number of benzene rings is 1. The van der Waals surface area contributed by atoms with Gasteiger partial charge >= 0.3 is 6.03 Å². The average molecular weight is 341 g/mol. The number of carbonyl (C=O) groups is 1. The largest absolute Gasteiger partial charge is 0.325 e. The molecule has 0 radical (unpaired) electrons. The number of hydrogen-bond acceptors (Lipinski definition) is 3. The highest BCUT2D eigenvalue weighted by molar-refractivity contribution is 7.89. The van der Waals surface area contributed by atoms with E-state index in [0.29, 0.717) is 31.2 Å². The molecule has 2 N–H and O–H groups in total. The number of nitrogens with one attached hydrogen (secondary N) is 2. The smallest absolute Gasteiger partial charge is 0.321 e. The Balaban J connectivity index is 2.70. The molecule has 0 aliphatic carbocycles. The van der Waals surface area contributed by atoms with Crippen LogP contribution >= 0.6 is 0 Å². The first-order valence-corrected chi connectivity index (χ1v) is 9.44. The van der Waals surface area contributed by atoms with Gasteiger partial charge in [-0.15, -0.1) is 0 Å². The quantitative estimate of drug-likeness (QED) is 0.763. The van der Waals surface area contributed by atoms with Crippen LogP contribution in [0.1, 0.15) is 34.1 Å². The van der Waals surface area contributed by atoms with Crippen molar-refractivity contribution in [2.24, 2.45) is 5.92 Å². The van der Waals surface area contributed by atoms with Crippen molar-refractivity contribution in [3.8, 4) is 0 Å². The van der Waals surface area contributed by atoms with Gasteiger partial charge in [-0.05, 0) is 50.5 Å². The molecule has 0 aliphatic rings. The van der Waals surface area contributed by atoms with Crippen LogP contribution in [-0.4, -0.2) is 39.0 Å². The molecule has 130 valence electrons. The number of hydrogen-bond donors (Lipinski definition) is 2. The lowest BCUT2D eigenvalue weighted by atomic mass is 10.1. The summed E-state index contributed by atoms with van der Waals surface area (Å²) < 4.78 is 26.9. The molecule has 0 bridgehead atoms. The number of carbonyl (C=O) groups excluding carboxylic acids is 1. The minimum absolute atomic E-state index is 0.194. The van der Waals surface area contributed by atoms with Gasteiger partial charge in [-0.25, -0.2) is 17.9 Å². The first-order chi connectivity index (χ1) is 10.8. The maximum atomic E-state index is 12.1. The second-order valence-electron chi connectivity index (χ2n) is 5.71. The molecule has 0 aromatic heterocycles. The van der Waals surface area contributed by atoms with Crippen LogP contribution in [0.5, 0.6) is 0 Å². The van der Waals surface area contributed by atoms with Gasteiger partial charge in [0.25, 0.3) is 0 Å². The molecule has 1 aromatic carbocycles.